The molecule has 1 aliphatic carbocycles. The minimum absolute atomic E-state index is 0.0193. The Morgan fingerprint density at radius 3 is 2.61 bits per heavy atom. The molecule has 5 N–H and O–H groups in total. The van der Waals surface area contributed by atoms with Crippen LogP contribution in [-0.2, 0) is 20.7 Å². The van der Waals surface area contributed by atoms with Crippen molar-refractivity contribution in [3.8, 4) is 0 Å². The summed E-state index contributed by atoms with van der Waals surface area (Å²) in [5.74, 6) is -0.201. The predicted molar refractivity (Wildman–Crippen MR) is 121 cm³/mol. The molecule has 3 aromatic rings. The highest BCUT2D eigenvalue weighted by Gasteiger charge is 2.30. The van der Waals surface area contributed by atoms with Crippen molar-refractivity contribution < 1.29 is 18.9 Å². The molecule has 0 bridgehead atoms. The number of esters is 1. The van der Waals surface area contributed by atoms with Crippen molar-refractivity contribution >= 4 is 46.1 Å². The molecule has 0 aliphatic heterocycles. The zero-order valence-electron chi connectivity index (χ0n) is 18.0. The van der Waals surface area contributed by atoms with Gasteiger partial charge in [0.2, 0.25) is 5.91 Å². The smallest absolute Gasteiger partial charge is 0.359 e. The van der Waals surface area contributed by atoms with E-state index in [0.29, 0.717) is 16.4 Å². The van der Waals surface area contributed by atoms with E-state index in [4.69, 9.17) is 10.5 Å². The van der Waals surface area contributed by atoms with Crippen molar-refractivity contribution in [2.45, 2.75) is 36.7 Å². The van der Waals surface area contributed by atoms with Crippen molar-refractivity contribution in [2.75, 3.05) is 23.0 Å². The van der Waals surface area contributed by atoms with E-state index < -0.39 is 17.1 Å². The Kier molecular flexibility index (Phi) is 6.47. The summed E-state index contributed by atoms with van der Waals surface area (Å²) in [7, 11) is 0. The number of carbonyl (C=O) groups excluding carboxylic acids is 2. The van der Waals surface area contributed by atoms with Crippen molar-refractivity contribution in [2.24, 2.45) is 5.92 Å². The predicted octanol–water partition coefficient (Wildman–Crippen LogP) is 2.53. The average molecular weight is 470 g/mol. The summed E-state index contributed by atoms with van der Waals surface area (Å²) in [4.78, 5) is 33.1. The molecule has 2 heterocycles. The Bertz CT molecular complexity index is 1180. The molecule has 0 saturated heterocycles. The van der Waals surface area contributed by atoms with E-state index in [1.807, 2.05) is 6.92 Å². The molecule has 1 saturated carbocycles. The number of amides is 1. The number of hydrogen-bond donors (Lipinski definition) is 4. The summed E-state index contributed by atoms with van der Waals surface area (Å²) < 4.78 is 18.2. The third-order valence-corrected chi connectivity index (χ3v) is 6.01. The maximum atomic E-state index is 13.2. The van der Waals surface area contributed by atoms with Gasteiger partial charge >= 0.3 is 11.1 Å². The van der Waals surface area contributed by atoms with E-state index in [-0.39, 0.29) is 40.8 Å². The highest BCUT2D eigenvalue weighted by Crippen LogP contribution is 2.31. The zero-order valence-corrected chi connectivity index (χ0v) is 18.9. The Morgan fingerprint density at radius 1 is 1.27 bits per heavy atom. The lowest BCUT2D eigenvalue weighted by Crippen LogP contribution is -2.18. The van der Waals surface area contributed by atoms with E-state index in [2.05, 4.69) is 30.8 Å². The van der Waals surface area contributed by atoms with Gasteiger partial charge in [-0.1, -0.05) is 0 Å². The SMILES string of the molecule is CCOC(=O)c1nc([S+]([O-])c2ccc(NC(=O)C3CC3)cc2)nc(Nc2cc(C)[nH]n2)c1N. The Hall–Kier alpha value is -3.64. The number of rotatable bonds is 8. The standard InChI is InChI=1S/C21H23N7O4S/c1-3-32-20(30)17-16(22)18(24-15-10-11(2)27-28-15)26-21(25-17)33(31)14-8-6-13(7-9-14)23-19(29)12-4-5-12/h6-10,12H,3-5,22H2,1-2H3,(H,23,29)(H2,24,25,26,27,28). The second-order valence-corrected chi connectivity index (χ2v) is 8.83. The van der Waals surface area contributed by atoms with Gasteiger partial charge in [0.1, 0.15) is 5.69 Å². The fraction of sp³-hybridized carbons (Fsp3) is 0.286. The van der Waals surface area contributed by atoms with Crippen LogP contribution in [0.4, 0.5) is 23.0 Å². The second-order valence-electron chi connectivity index (χ2n) is 7.46. The van der Waals surface area contributed by atoms with Crippen LogP contribution in [0.2, 0.25) is 0 Å². The average Bonchev–Trinajstić information content (AvgIpc) is 3.57. The van der Waals surface area contributed by atoms with Gasteiger partial charge in [0, 0.05) is 23.4 Å². The molecule has 2 aromatic heterocycles. The minimum atomic E-state index is -1.83. The van der Waals surface area contributed by atoms with Gasteiger partial charge in [0.15, 0.2) is 22.2 Å². The van der Waals surface area contributed by atoms with E-state index in [1.54, 1.807) is 37.3 Å². The fourth-order valence-electron chi connectivity index (χ4n) is 2.94. The van der Waals surface area contributed by atoms with Crippen molar-refractivity contribution in [3.63, 3.8) is 0 Å². The van der Waals surface area contributed by atoms with Crippen LogP contribution < -0.4 is 16.4 Å². The maximum Gasteiger partial charge on any atom is 0.359 e. The van der Waals surface area contributed by atoms with Crippen LogP contribution in [0.25, 0.3) is 0 Å². The lowest BCUT2D eigenvalue weighted by molar-refractivity contribution is -0.117. The first kappa shape index (κ1) is 22.6. The number of ether oxygens (including phenoxy) is 1. The number of nitrogen functional groups attached to an aromatic ring is 1. The number of anilines is 4. The molecular formula is C21H23N7O4S. The van der Waals surface area contributed by atoms with Crippen LogP contribution in [0.5, 0.6) is 0 Å². The number of benzene rings is 1. The third-order valence-electron chi connectivity index (χ3n) is 4.80. The van der Waals surface area contributed by atoms with Crippen LogP contribution in [-0.4, -0.2) is 43.2 Å². The Balaban J connectivity index is 1.63. The van der Waals surface area contributed by atoms with Crippen molar-refractivity contribution in [1.29, 1.82) is 0 Å². The largest absolute Gasteiger partial charge is 0.604 e. The number of aryl methyl sites for hydroxylation is 1. The molecule has 1 aliphatic rings. The quantitative estimate of drug-likeness (QED) is 0.220. The number of carbonyl (C=O) groups is 2. The van der Waals surface area contributed by atoms with Crippen LogP contribution in [0.1, 0.15) is 35.9 Å². The molecule has 11 nitrogen and oxygen atoms in total. The van der Waals surface area contributed by atoms with E-state index >= 15 is 0 Å². The van der Waals surface area contributed by atoms with Gasteiger partial charge in [-0.05, 0) is 51.0 Å². The molecule has 12 heteroatoms. The summed E-state index contributed by atoms with van der Waals surface area (Å²) >= 11 is -1.83. The zero-order chi connectivity index (χ0) is 23.5. The summed E-state index contributed by atoms with van der Waals surface area (Å²) in [5, 5.41) is 12.5. The first-order chi connectivity index (χ1) is 15.9. The van der Waals surface area contributed by atoms with E-state index in [0.717, 1.165) is 18.5 Å². The monoisotopic (exact) mass is 469 g/mol. The van der Waals surface area contributed by atoms with Gasteiger partial charge in [-0.15, -0.1) is 0 Å². The van der Waals surface area contributed by atoms with Crippen LogP contribution >= 0.6 is 0 Å². The summed E-state index contributed by atoms with van der Waals surface area (Å²) in [6, 6.07) is 8.24. The molecule has 0 radical (unpaired) electrons. The highest BCUT2D eigenvalue weighted by atomic mass is 32.2. The molecule has 1 aromatic carbocycles. The minimum Gasteiger partial charge on any atom is -0.604 e. The van der Waals surface area contributed by atoms with Crippen LogP contribution in [0, 0.1) is 12.8 Å². The first-order valence-electron chi connectivity index (χ1n) is 10.3. The third kappa shape index (κ3) is 5.23. The molecule has 1 fully saturated rings. The number of H-pyrrole nitrogens is 1. The molecule has 1 unspecified atom stereocenters. The fourth-order valence-corrected chi connectivity index (χ4v) is 3.89. The van der Waals surface area contributed by atoms with E-state index in [9.17, 15) is 14.1 Å². The maximum absolute atomic E-state index is 13.2. The molecule has 1 atom stereocenters. The Morgan fingerprint density at radius 2 is 2.00 bits per heavy atom. The van der Waals surface area contributed by atoms with Gasteiger partial charge in [0.05, 0.1) is 17.8 Å². The number of aromatic nitrogens is 4. The lowest BCUT2D eigenvalue weighted by atomic mass is 10.3. The molecule has 172 valence electrons. The van der Waals surface area contributed by atoms with Crippen molar-refractivity contribution in [3.05, 3.63) is 41.7 Å². The molecule has 33 heavy (non-hydrogen) atoms. The van der Waals surface area contributed by atoms with E-state index in [1.165, 1.54) is 0 Å². The first-order valence-corrected chi connectivity index (χ1v) is 11.5. The number of nitrogens with two attached hydrogens (primary N) is 1. The number of aromatic amines is 1. The van der Waals surface area contributed by atoms with Crippen molar-refractivity contribution in [1.82, 2.24) is 20.2 Å². The highest BCUT2D eigenvalue weighted by molar-refractivity contribution is 7.91. The Labute approximate surface area is 192 Å². The number of nitrogens with one attached hydrogen (secondary N) is 3. The summed E-state index contributed by atoms with van der Waals surface area (Å²) in [6.07, 6.45) is 1.80. The number of hydrogen-bond acceptors (Lipinski definition) is 9. The van der Waals surface area contributed by atoms with Gasteiger partial charge in [-0.25, -0.2) is 4.79 Å². The molecule has 4 rings (SSSR count). The van der Waals surface area contributed by atoms with Gasteiger partial charge < -0.3 is 25.7 Å². The topological polar surface area (TPSA) is 171 Å². The summed E-state index contributed by atoms with van der Waals surface area (Å²) in [5.41, 5.74) is 7.27. The van der Waals surface area contributed by atoms with Gasteiger partial charge in [-0.3, -0.25) is 9.89 Å². The molecule has 1 amide bonds. The van der Waals surface area contributed by atoms with Gasteiger partial charge in [-0.2, -0.15) is 15.1 Å². The molecular weight excluding hydrogens is 446 g/mol. The lowest BCUT2D eigenvalue weighted by Gasteiger charge is -2.14. The molecule has 0 spiro atoms. The normalized spacial score (nSPS) is 13.9. The number of nitrogens with zero attached hydrogens (tertiary/aromatic N) is 3. The van der Waals surface area contributed by atoms with Crippen LogP contribution in [0.15, 0.2) is 40.4 Å². The summed E-state index contributed by atoms with van der Waals surface area (Å²) in [6.45, 7) is 3.60. The van der Waals surface area contributed by atoms with Crippen LogP contribution in [0.3, 0.4) is 0 Å². The second kappa shape index (κ2) is 9.46. The van der Waals surface area contributed by atoms with Gasteiger partial charge in [0.25, 0.3) is 0 Å².